The fourth-order valence-electron chi connectivity index (χ4n) is 1.83. The van der Waals surface area contributed by atoms with E-state index in [4.69, 9.17) is 4.74 Å². The Hall–Kier alpha value is -1.56. The Labute approximate surface area is 109 Å². The van der Waals surface area contributed by atoms with Gasteiger partial charge in [0.1, 0.15) is 11.3 Å². The summed E-state index contributed by atoms with van der Waals surface area (Å²) in [5.74, 6) is -0.712. The van der Waals surface area contributed by atoms with Gasteiger partial charge in [-0.2, -0.15) is 0 Å². The van der Waals surface area contributed by atoms with E-state index in [1.54, 1.807) is 18.4 Å². The van der Waals surface area contributed by atoms with Crippen molar-refractivity contribution in [3.05, 3.63) is 16.3 Å². The van der Waals surface area contributed by atoms with Crippen molar-refractivity contribution in [1.29, 1.82) is 0 Å². The Bertz CT molecular complexity index is 480. The molecule has 1 atom stereocenters. The maximum atomic E-state index is 12.0. The molecule has 1 unspecified atom stereocenters. The van der Waals surface area contributed by atoms with E-state index in [2.05, 4.69) is 5.32 Å². The quantitative estimate of drug-likeness (QED) is 0.853. The van der Waals surface area contributed by atoms with Gasteiger partial charge in [-0.1, -0.05) is 0 Å². The van der Waals surface area contributed by atoms with Gasteiger partial charge in [0.2, 0.25) is 0 Å². The first-order valence-electron chi connectivity index (χ1n) is 5.66. The summed E-state index contributed by atoms with van der Waals surface area (Å²) in [6.07, 6.45) is 1.69. The third-order valence-electron chi connectivity index (χ3n) is 3.25. The van der Waals surface area contributed by atoms with Crippen LogP contribution in [-0.2, 0) is 4.79 Å². The number of aliphatic carboxylic acids is 1. The van der Waals surface area contributed by atoms with Crippen LogP contribution in [0.2, 0.25) is 0 Å². The Morgan fingerprint density at radius 2 is 2.22 bits per heavy atom. The summed E-state index contributed by atoms with van der Waals surface area (Å²) in [4.78, 5) is 23.8. The van der Waals surface area contributed by atoms with Gasteiger partial charge in [-0.25, -0.2) is 4.79 Å². The predicted molar refractivity (Wildman–Crippen MR) is 67.1 cm³/mol. The minimum absolute atomic E-state index is 0.0285. The molecule has 0 aliphatic heterocycles. The van der Waals surface area contributed by atoms with Crippen molar-refractivity contribution in [1.82, 2.24) is 5.32 Å². The second-order valence-corrected chi connectivity index (χ2v) is 5.50. The number of carboxylic acid groups (broad SMARTS) is 1. The molecule has 0 aromatic carbocycles. The van der Waals surface area contributed by atoms with Gasteiger partial charge in [0, 0.05) is 11.4 Å². The molecule has 2 N–H and O–H groups in total. The van der Waals surface area contributed by atoms with Crippen molar-refractivity contribution in [2.75, 3.05) is 7.11 Å². The maximum absolute atomic E-state index is 12.0. The number of hydrogen-bond donors (Lipinski definition) is 2. The summed E-state index contributed by atoms with van der Waals surface area (Å²) in [5, 5.41) is 13.6. The zero-order chi connectivity index (χ0) is 13.3. The van der Waals surface area contributed by atoms with Gasteiger partial charge in [0.25, 0.3) is 5.91 Å². The van der Waals surface area contributed by atoms with Gasteiger partial charge in [-0.05, 0) is 25.7 Å². The van der Waals surface area contributed by atoms with Gasteiger partial charge in [-0.15, -0.1) is 11.3 Å². The van der Waals surface area contributed by atoms with Gasteiger partial charge in [0.05, 0.1) is 12.0 Å². The average molecular weight is 269 g/mol. The Kier molecular flexibility index (Phi) is 3.30. The standard InChI is InChI=1S/C12H15NO4S/c1-12(11(15)16,7-3-4-7)13-10(14)9-5-8(17-2)6-18-9/h5-7H,3-4H2,1-2H3,(H,13,14)(H,15,16). The number of carbonyl (C=O) groups is 2. The lowest BCUT2D eigenvalue weighted by Crippen LogP contribution is -2.53. The Morgan fingerprint density at radius 1 is 1.56 bits per heavy atom. The number of thiophene rings is 1. The predicted octanol–water partition coefficient (Wildman–Crippen LogP) is 1.74. The second kappa shape index (κ2) is 4.61. The summed E-state index contributed by atoms with van der Waals surface area (Å²) in [6.45, 7) is 1.57. The van der Waals surface area contributed by atoms with E-state index in [0.29, 0.717) is 10.6 Å². The lowest BCUT2D eigenvalue weighted by molar-refractivity contribution is -0.144. The molecular formula is C12H15NO4S. The molecule has 6 heteroatoms. The third-order valence-corrected chi connectivity index (χ3v) is 4.15. The third kappa shape index (κ3) is 2.33. The minimum Gasteiger partial charge on any atom is -0.496 e. The number of nitrogens with one attached hydrogen (secondary N) is 1. The molecule has 1 saturated carbocycles. The summed E-state index contributed by atoms with van der Waals surface area (Å²) < 4.78 is 5.00. The van der Waals surface area contributed by atoms with Crippen molar-refractivity contribution < 1.29 is 19.4 Å². The molecule has 18 heavy (non-hydrogen) atoms. The molecule has 0 bridgehead atoms. The molecule has 5 nitrogen and oxygen atoms in total. The summed E-state index contributed by atoms with van der Waals surface area (Å²) >= 11 is 1.24. The van der Waals surface area contributed by atoms with Crippen LogP contribution in [0.4, 0.5) is 0 Å². The number of carbonyl (C=O) groups excluding carboxylic acids is 1. The monoisotopic (exact) mass is 269 g/mol. The zero-order valence-electron chi connectivity index (χ0n) is 10.2. The molecule has 0 spiro atoms. The number of ether oxygens (including phenoxy) is 1. The molecule has 1 aliphatic carbocycles. The highest BCUT2D eigenvalue weighted by Crippen LogP contribution is 2.40. The maximum Gasteiger partial charge on any atom is 0.329 e. The summed E-state index contributed by atoms with van der Waals surface area (Å²) in [5.41, 5.74) is -1.17. The summed E-state index contributed by atoms with van der Waals surface area (Å²) in [7, 11) is 1.52. The molecule has 98 valence electrons. The van der Waals surface area contributed by atoms with Crippen molar-refractivity contribution in [3.8, 4) is 5.75 Å². The molecule has 0 saturated heterocycles. The topological polar surface area (TPSA) is 75.6 Å². The molecule has 1 amide bonds. The average Bonchev–Trinajstić information content (AvgIpc) is 3.07. The molecule has 1 fully saturated rings. The number of methoxy groups -OCH3 is 1. The van der Waals surface area contributed by atoms with Gasteiger partial charge in [0.15, 0.2) is 0 Å². The van der Waals surface area contributed by atoms with Crippen molar-refractivity contribution >= 4 is 23.2 Å². The molecule has 1 heterocycles. The van der Waals surface area contributed by atoms with Gasteiger partial charge in [-0.3, -0.25) is 4.79 Å². The zero-order valence-corrected chi connectivity index (χ0v) is 11.0. The van der Waals surface area contributed by atoms with Crippen molar-refractivity contribution in [2.45, 2.75) is 25.3 Å². The van der Waals surface area contributed by atoms with Gasteiger partial charge >= 0.3 is 5.97 Å². The van der Waals surface area contributed by atoms with E-state index in [-0.39, 0.29) is 11.8 Å². The van der Waals surface area contributed by atoms with Crippen molar-refractivity contribution in [3.63, 3.8) is 0 Å². The van der Waals surface area contributed by atoms with Crippen LogP contribution in [-0.4, -0.2) is 29.6 Å². The SMILES string of the molecule is COc1csc(C(=O)NC(C)(C(=O)O)C2CC2)c1. The minimum atomic E-state index is -1.17. The first kappa shape index (κ1) is 12.9. The lowest BCUT2D eigenvalue weighted by atomic mass is 9.96. The Morgan fingerprint density at radius 3 is 2.67 bits per heavy atom. The van der Waals surface area contributed by atoms with E-state index in [1.165, 1.54) is 18.4 Å². The highest BCUT2D eigenvalue weighted by atomic mass is 32.1. The van der Waals surface area contributed by atoms with E-state index in [0.717, 1.165) is 12.8 Å². The fourth-order valence-corrected chi connectivity index (χ4v) is 2.58. The fraction of sp³-hybridized carbons (Fsp3) is 0.500. The first-order valence-corrected chi connectivity index (χ1v) is 6.53. The van der Waals surface area contributed by atoms with E-state index in [1.807, 2.05) is 0 Å². The molecule has 1 aromatic heterocycles. The van der Waals surface area contributed by atoms with Crippen LogP contribution < -0.4 is 10.1 Å². The van der Waals surface area contributed by atoms with Crippen LogP contribution >= 0.6 is 11.3 Å². The summed E-state index contributed by atoms with van der Waals surface area (Å²) in [6, 6.07) is 1.61. The molecule has 1 aliphatic rings. The van der Waals surface area contributed by atoms with Crippen LogP contribution in [0.25, 0.3) is 0 Å². The van der Waals surface area contributed by atoms with E-state index >= 15 is 0 Å². The first-order chi connectivity index (χ1) is 8.47. The van der Waals surface area contributed by atoms with Crippen LogP contribution in [0, 0.1) is 5.92 Å². The Balaban J connectivity index is 2.12. The van der Waals surface area contributed by atoms with Crippen LogP contribution in [0.1, 0.15) is 29.4 Å². The number of carboxylic acids is 1. The lowest BCUT2D eigenvalue weighted by Gasteiger charge is -2.25. The molecule has 2 rings (SSSR count). The van der Waals surface area contributed by atoms with Crippen LogP contribution in [0.5, 0.6) is 5.75 Å². The number of hydrogen-bond acceptors (Lipinski definition) is 4. The smallest absolute Gasteiger partial charge is 0.329 e. The number of amides is 1. The molecule has 0 radical (unpaired) electrons. The second-order valence-electron chi connectivity index (χ2n) is 4.59. The van der Waals surface area contributed by atoms with Crippen LogP contribution in [0.3, 0.4) is 0 Å². The largest absolute Gasteiger partial charge is 0.496 e. The molecular weight excluding hydrogens is 254 g/mol. The number of rotatable bonds is 5. The van der Waals surface area contributed by atoms with E-state index < -0.39 is 11.5 Å². The molecule has 1 aromatic rings. The van der Waals surface area contributed by atoms with Crippen LogP contribution in [0.15, 0.2) is 11.4 Å². The van der Waals surface area contributed by atoms with Gasteiger partial charge < -0.3 is 15.2 Å². The highest BCUT2D eigenvalue weighted by molar-refractivity contribution is 7.12. The normalized spacial score (nSPS) is 17.9. The highest BCUT2D eigenvalue weighted by Gasteiger charge is 2.48. The van der Waals surface area contributed by atoms with Crippen molar-refractivity contribution in [2.24, 2.45) is 5.92 Å². The van der Waals surface area contributed by atoms with E-state index in [9.17, 15) is 14.7 Å².